The Kier molecular flexibility index (Phi) is 5.64. The summed E-state index contributed by atoms with van der Waals surface area (Å²) in [4.78, 5) is 28.8. The van der Waals surface area contributed by atoms with Crippen molar-refractivity contribution in [2.75, 3.05) is 31.1 Å². The fourth-order valence-electron chi connectivity index (χ4n) is 3.95. The van der Waals surface area contributed by atoms with Crippen LogP contribution in [0, 0.1) is 5.92 Å². The number of nitrogens with zero attached hydrogens (tertiary/aromatic N) is 2. The standard InChI is InChI=1S/C22H23ClN2O3/c23-18-6-8-19(9-7-18)25-15-20(28-22(25)27)14-24-12-10-17(11-13-24)21(26)16-4-2-1-3-5-16/h1-9,17,20H,10-15H2. The topological polar surface area (TPSA) is 49.9 Å². The monoisotopic (exact) mass is 398 g/mol. The second kappa shape index (κ2) is 8.33. The average Bonchev–Trinajstić information content (AvgIpc) is 3.09. The average molecular weight is 399 g/mol. The predicted octanol–water partition coefficient (Wildman–Crippen LogP) is 4.26. The summed E-state index contributed by atoms with van der Waals surface area (Å²) in [5.74, 6) is 0.316. The molecule has 0 saturated carbocycles. The van der Waals surface area contributed by atoms with Crippen molar-refractivity contribution < 1.29 is 14.3 Å². The van der Waals surface area contributed by atoms with Gasteiger partial charge in [-0.15, -0.1) is 0 Å². The van der Waals surface area contributed by atoms with Crippen molar-refractivity contribution in [3.05, 3.63) is 65.2 Å². The highest BCUT2D eigenvalue weighted by atomic mass is 35.5. The van der Waals surface area contributed by atoms with E-state index in [1.165, 1.54) is 0 Å². The number of hydrogen-bond donors (Lipinski definition) is 0. The highest BCUT2D eigenvalue weighted by molar-refractivity contribution is 6.30. The summed E-state index contributed by atoms with van der Waals surface area (Å²) in [5, 5.41) is 0.640. The zero-order chi connectivity index (χ0) is 19.5. The van der Waals surface area contributed by atoms with Crippen molar-refractivity contribution in [3.63, 3.8) is 0 Å². The molecule has 146 valence electrons. The minimum Gasteiger partial charge on any atom is -0.443 e. The van der Waals surface area contributed by atoms with Crippen molar-refractivity contribution in [2.45, 2.75) is 18.9 Å². The van der Waals surface area contributed by atoms with E-state index in [2.05, 4.69) is 4.90 Å². The molecule has 6 heteroatoms. The van der Waals surface area contributed by atoms with E-state index >= 15 is 0 Å². The molecule has 0 bridgehead atoms. The molecular weight excluding hydrogens is 376 g/mol. The number of ketones is 1. The zero-order valence-corrected chi connectivity index (χ0v) is 16.3. The van der Waals surface area contributed by atoms with Crippen molar-refractivity contribution in [3.8, 4) is 0 Å². The lowest BCUT2D eigenvalue weighted by Gasteiger charge is -2.32. The fourth-order valence-corrected chi connectivity index (χ4v) is 4.08. The Bertz CT molecular complexity index is 833. The molecule has 28 heavy (non-hydrogen) atoms. The molecule has 1 unspecified atom stereocenters. The first kappa shape index (κ1) is 19.0. The molecule has 2 aliphatic heterocycles. The van der Waals surface area contributed by atoms with E-state index in [1.54, 1.807) is 17.0 Å². The molecule has 0 N–H and O–H groups in total. The van der Waals surface area contributed by atoms with E-state index in [0.717, 1.165) is 37.2 Å². The lowest BCUT2D eigenvalue weighted by molar-refractivity contribution is 0.0750. The molecule has 2 fully saturated rings. The maximum Gasteiger partial charge on any atom is 0.414 e. The van der Waals surface area contributed by atoms with Gasteiger partial charge in [0.1, 0.15) is 6.10 Å². The number of anilines is 1. The molecule has 0 aromatic heterocycles. The molecule has 4 rings (SSSR count). The molecule has 1 atom stereocenters. The van der Waals surface area contributed by atoms with E-state index < -0.39 is 0 Å². The highest BCUT2D eigenvalue weighted by Gasteiger charge is 2.34. The van der Waals surface area contributed by atoms with E-state index in [-0.39, 0.29) is 23.9 Å². The third kappa shape index (κ3) is 4.21. The Morgan fingerprint density at radius 3 is 2.39 bits per heavy atom. The fraction of sp³-hybridized carbons (Fsp3) is 0.364. The number of carbonyl (C=O) groups is 2. The van der Waals surface area contributed by atoms with Gasteiger partial charge in [0.15, 0.2) is 5.78 Å². The van der Waals surface area contributed by atoms with E-state index in [1.807, 2.05) is 42.5 Å². The molecule has 2 saturated heterocycles. The van der Waals surface area contributed by atoms with Crippen molar-refractivity contribution >= 4 is 29.2 Å². The summed E-state index contributed by atoms with van der Waals surface area (Å²) >= 11 is 5.92. The van der Waals surface area contributed by atoms with E-state index in [0.29, 0.717) is 18.1 Å². The quantitative estimate of drug-likeness (QED) is 0.706. The van der Waals surface area contributed by atoms with Gasteiger partial charge >= 0.3 is 6.09 Å². The number of ether oxygens (including phenoxy) is 1. The smallest absolute Gasteiger partial charge is 0.414 e. The van der Waals surface area contributed by atoms with Gasteiger partial charge < -0.3 is 4.74 Å². The summed E-state index contributed by atoms with van der Waals surface area (Å²) in [6.07, 6.45) is 1.20. The van der Waals surface area contributed by atoms with Gasteiger partial charge in [0.2, 0.25) is 0 Å². The van der Waals surface area contributed by atoms with E-state index in [9.17, 15) is 9.59 Å². The van der Waals surface area contributed by atoms with Crippen molar-refractivity contribution in [1.29, 1.82) is 0 Å². The molecule has 2 aliphatic rings. The molecule has 0 aliphatic carbocycles. The second-order valence-electron chi connectivity index (χ2n) is 7.40. The van der Waals surface area contributed by atoms with Crippen molar-refractivity contribution in [1.82, 2.24) is 4.90 Å². The van der Waals surface area contributed by atoms with Crippen LogP contribution in [0.4, 0.5) is 10.5 Å². The third-order valence-electron chi connectivity index (χ3n) is 5.49. The Morgan fingerprint density at radius 1 is 1.04 bits per heavy atom. The maximum atomic E-state index is 12.6. The molecular formula is C22H23ClN2O3. The lowest BCUT2D eigenvalue weighted by Crippen LogP contribution is -2.41. The number of carbonyl (C=O) groups excluding carboxylic acids is 2. The third-order valence-corrected chi connectivity index (χ3v) is 5.74. The lowest BCUT2D eigenvalue weighted by atomic mass is 9.89. The van der Waals surface area contributed by atoms with Gasteiger partial charge in [-0.25, -0.2) is 4.79 Å². The van der Waals surface area contributed by atoms with Gasteiger partial charge in [0.25, 0.3) is 0 Å². The summed E-state index contributed by atoms with van der Waals surface area (Å²) < 4.78 is 5.55. The molecule has 2 aromatic carbocycles. The molecule has 2 aromatic rings. The van der Waals surface area contributed by atoms with Crippen LogP contribution in [0.25, 0.3) is 0 Å². The van der Waals surface area contributed by atoms with Crippen LogP contribution in [-0.4, -0.2) is 49.1 Å². The molecule has 2 heterocycles. The molecule has 1 amide bonds. The number of piperidine rings is 1. The SMILES string of the molecule is O=C(c1ccccc1)C1CCN(CC2CN(c3ccc(Cl)cc3)C(=O)O2)CC1. The van der Waals surface area contributed by atoms with E-state index in [4.69, 9.17) is 16.3 Å². The van der Waals surface area contributed by atoms with Gasteiger partial charge in [-0.05, 0) is 50.2 Å². The van der Waals surface area contributed by atoms with Gasteiger partial charge in [-0.1, -0.05) is 41.9 Å². The number of hydrogen-bond acceptors (Lipinski definition) is 4. The number of Topliss-reactive ketones (excluding diaryl/α,β-unsaturated/α-hetero) is 1. The first-order valence-electron chi connectivity index (χ1n) is 9.65. The summed E-state index contributed by atoms with van der Waals surface area (Å²) in [6, 6.07) is 16.7. The van der Waals surface area contributed by atoms with Crippen LogP contribution >= 0.6 is 11.6 Å². The number of likely N-dealkylation sites (tertiary alicyclic amines) is 1. The van der Waals surface area contributed by atoms with Crippen LogP contribution in [0.2, 0.25) is 5.02 Å². The minimum absolute atomic E-state index is 0.0790. The van der Waals surface area contributed by atoms with Gasteiger partial charge in [-0.3, -0.25) is 14.6 Å². The Balaban J connectivity index is 1.29. The largest absolute Gasteiger partial charge is 0.443 e. The zero-order valence-electron chi connectivity index (χ0n) is 15.6. The van der Waals surface area contributed by atoms with Crippen LogP contribution < -0.4 is 4.90 Å². The first-order valence-corrected chi connectivity index (χ1v) is 10.0. The summed E-state index contributed by atoms with van der Waals surface area (Å²) in [6.45, 7) is 2.92. The van der Waals surface area contributed by atoms with Crippen LogP contribution in [0.15, 0.2) is 54.6 Å². The van der Waals surface area contributed by atoms with Crippen molar-refractivity contribution in [2.24, 2.45) is 5.92 Å². The number of halogens is 1. The summed E-state index contributed by atoms with van der Waals surface area (Å²) in [7, 11) is 0. The van der Waals surface area contributed by atoms with Crippen LogP contribution in [0.3, 0.4) is 0 Å². The number of cyclic esters (lactones) is 1. The summed E-state index contributed by atoms with van der Waals surface area (Å²) in [5.41, 5.74) is 1.59. The number of benzene rings is 2. The normalized spacial score (nSPS) is 21.0. The van der Waals surface area contributed by atoms with Gasteiger partial charge in [0.05, 0.1) is 6.54 Å². The highest BCUT2D eigenvalue weighted by Crippen LogP contribution is 2.26. The predicted molar refractivity (Wildman–Crippen MR) is 109 cm³/mol. The number of amides is 1. The molecule has 0 spiro atoms. The number of rotatable bonds is 5. The Hall–Kier alpha value is -2.37. The Morgan fingerprint density at radius 2 is 1.71 bits per heavy atom. The van der Waals surface area contributed by atoms with Gasteiger partial charge in [0, 0.05) is 28.7 Å². The maximum absolute atomic E-state index is 12.6. The van der Waals surface area contributed by atoms with Crippen LogP contribution in [0.5, 0.6) is 0 Å². The molecule has 5 nitrogen and oxygen atoms in total. The van der Waals surface area contributed by atoms with Crippen LogP contribution in [0.1, 0.15) is 23.2 Å². The second-order valence-corrected chi connectivity index (χ2v) is 7.83. The van der Waals surface area contributed by atoms with Gasteiger partial charge in [-0.2, -0.15) is 0 Å². The van der Waals surface area contributed by atoms with Crippen LogP contribution in [-0.2, 0) is 4.74 Å². The molecule has 0 radical (unpaired) electrons. The minimum atomic E-state index is -0.318. The Labute approximate surface area is 169 Å². The first-order chi connectivity index (χ1) is 13.6.